The van der Waals surface area contributed by atoms with Crippen LogP contribution in [-0.4, -0.2) is 34.3 Å². The average molecular weight is 375 g/mol. The number of carbonyl (C=O) groups is 1. The van der Waals surface area contributed by atoms with Crippen molar-refractivity contribution in [3.8, 4) is 0 Å². The summed E-state index contributed by atoms with van der Waals surface area (Å²) in [7, 11) is 0. The summed E-state index contributed by atoms with van der Waals surface area (Å²) < 4.78 is 4.99. The van der Waals surface area contributed by atoms with Crippen LogP contribution in [0.4, 0.5) is 17.5 Å². The Labute approximate surface area is 163 Å². The molecule has 0 saturated heterocycles. The summed E-state index contributed by atoms with van der Waals surface area (Å²) in [5, 5.41) is 11.3. The first-order chi connectivity index (χ1) is 13.7. The lowest BCUT2D eigenvalue weighted by Crippen LogP contribution is -2.31. The van der Waals surface area contributed by atoms with Crippen molar-refractivity contribution in [3.05, 3.63) is 71.4 Å². The predicted octanol–water partition coefficient (Wildman–Crippen LogP) is 3.35. The van der Waals surface area contributed by atoms with Gasteiger partial charge in [0, 0.05) is 18.8 Å². The molecule has 2 heterocycles. The molecule has 1 N–H and O–H groups in total. The molecule has 142 valence electrons. The second-order valence-corrected chi connectivity index (χ2v) is 6.50. The fourth-order valence-electron chi connectivity index (χ4n) is 3.22. The van der Waals surface area contributed by atoms with Gasteiger partial charge in [0.05, 0.1) is 18.4 Å². The smallest absolute Gasteiger partial charge is 0.338 e. The van der Waals surface area contributed by atoms with Crippen LogP contribution in [0.25, 0.3) is 0 Å². The van der Waals surface area contributed by atoms with Gasteiger partial charge in [-0.15, -0.1) is 5.10 Å². The van der Waals surface area contributed by atoms with Crippen molar-refractivity contribution in [2.45, 2.75) is 19.9 Å². The van der Waals surface area contributed by atoms with Gasteiger partial charge in [-0.2, -0.15) is 10.1 Å². The van der Waals surface area contributed by atoms with E-state index >= 15 is 0 Å². The molecule has 7 nitrogen and oxygen atoms in total. The summed E-state index contributed by atoms with van der Waals surface area (Å²) in [6.45, 7) is 3.84. The quantitative estimate of drug-likeness (QED) is 0.685. The first-order valence-corrected chi connectivity index (χ1v) is 9.28. The van der Waals surface area contributed by atoms with Gasteiger partial charge in [-0.05, 0) is 48.7 Å². The zero-order chi connectivity index (χ0) is 19.3. The van der Waals surface area contributed by atoms with Gasteiger partial charge >= 0.3 is 5.97 Å². The topological polar surface area (TPSA) is 80.2 Å². The zero-order valence-corrected chi connectivity index (χ0v) is 15.6. The highest BCUT2D eigenvalue weighted by Crippen LogP contribution is 2.23. The number of hydrogen-bond acceptors (Lipinski definition) is 7. The second kappa shape index (κ2) is 8.04. The fraction of sp³-hybridized carbons (Fsp3) is 0.238. The fourth-order valence-corrected chi connectivity index (χ4v) is 3.22. The molecule has 0 spiro atoms. The van der Waals surface area contributed by atoms with Crippen LogP contribution < -0.4 is 10.2 Å². The van der Waals surface area contributed by atoms with Gasteiger partial charge in [0.2, 0.25) is 5.95 Å². The number of rotatable bonds is 5. The van der Waals surface area contributed by atoms with Crippen molar-refractivity contribution in [3.63, 3.8) is 0 Å². The van der Waals surface area contributed by atoms with E-state index < -0.39 is 0 Å². The summed E-state index contributed by atoms with van der Waals surface area (Å²) in [5.74, 6) is 0.870. The minimum Gasteiger partial charge on any atom is -0.462 e. The van der Waals surface area contributed by atoms with E-state index in [1.807, 2.05) is 0 Å². The first-order valence-electron chi connectivity index (χ1n) is 9.28. The number of benzene rings is 2. The highest BCUT2D eigenvalue weighted by atomic mass is 16.5. The number of aromatic nitrogens is 3. The minimum absolute atomic E-state index is 0.334. The lowest BCUT2D eigenvalue weighted by Gasteiger charge is -2.29. The molecule has 0 saturated carbocycles. The number of anilines is 3. The second-order valence-electron chi connectivity index (χ2n) is 6.50. The average Bonchev–Trinajstić information content (AvgIpc) is 2.74. The van der Waals surface area contributed by atoms with E-state index in [1.165, 1.54) is 11.1 Å². The molecule has 4 rings (SSSR count). The molecular weight excluding hydrogens is 354 g/mol. The van der Waals surface area contributed by atoms with E-state index in [2.05, 4.69) is 49.7 Å². The number of esters is 1. The van der Waals surface area contributed by atoms with Crippen molar-refractivity contribution < 1.29 is 9.53 Å². The number of nitrogens with zero attached hydrogens (tertiary/aromatic N) is 4. The van der Waals surface area contributed by atoms with Crippen LogP contribution in [0.2, 0.25) is 0 Å². The normalized spacial score (nSPS) is 13.0. The van der Waals surface area contributed by atoms with Crippen LogP contribution >= 0.6 is 0 Å². The largest absolute Gasteiger partial charge is 0.462 e. The van der Waals surface area contributed by atoms with Crippen molar-refractivity contribution in [2.24, 2.45) is 0 Å². The third-order valence-electron chi connectivity index (χ3n) is 4.65. The molecule has 2 aromatic carbocycles. The maximum Gasteiger partial charge on any atom is 0.338 e. The Bertz CT molecular complexity index is 975. The summed E-state index contributed by atoms with van der Waals surface area (Å²) in [6.07, 6.45) is 2.67. The van der Waals surface area contributed by atoms with Crippen LogP contribution in [0.5, 0.6) is 0 Å². The van der Waals surface area contributed by atoms with E-state index in [0.717, 1.165) is 31.0 Å². The molecule has 0 fully saturated rings. The van der Waals surface area contributed by atoms with Gasteiger partial charge in [-0.3, -0.25) is 0 Å². The standard InChI is InChI=1S/C21H21N5O2/c1-2-28-20(27)16-7-9-18(10-8-16)23-21-24-19(13-22-25-21)26-12-11-15-5-3-4-6-17(15)14-26/h3-10,13H,2,11-12,14H2,1H3,(H,23,24,25). The van der Waals surface area contributed by atoms with E-state index in [4.69, 9.17) is 4.74 Å². The van der Waals surface area contributed by atoms with Crippen molar-refractivity contribution in [2.75, 3.05) is 23.4 Å². The van der Waals surface area contributed by atoms with Crippen LogP contribution in [0.15, 0.2) is 54.7 Å². The van der Waals surface area contributed by atoms with Gasteiger partial charge in [-0.25, -0.2) is 4.79 Å². The minimum atomic E-state index is -0.334. The number of nitrogens with one attached hydrogen (secondary N) is 1. The maximum absolute atomic E-state index is 11.7. The SMILES string of the molecule is CCOC(=O)c1ccc(Nc2nncc(N3CCc4ccccc4C3)n2)cc1. The van der Waals surface area contributed by atoms with Crippen LogP contribution in [0, 0.1) is 0 Å². The Kier molecular flexibility index (Phi) is 5.14. The molecule has 0 bridgehead atoms. The summed E-state index contributed by atoms with van der Waals surface area (Å²) in [6, 6.07) is 15.5. The van der Waals surface area contributed by atoms with E-state index in [1.54, 1.807) is 37.4 Å². The van der Waals surface area contributed by atoms with Crippen LogP contribution in [0.3, 0.4) is 0 Å². The molecule has 0 unspecified atom stereocenters. The summed E-state index contributed by atoms with van der Waals surface area (Å²) >= 11 is 0. The molecule has 28 heavy (non-hydrogen) atoms. The van der Waals surface area contributed by atoms with Crippen molar-refractivity contribution >= 4 is 23.4 Å². The highest BCUT2D eigenvalue weighted by Gasteiger charge is 2.18. The summed E-state index contributed by atoms with van der Waals surface area (Å²) in [5.41, 5.74) is 3.99. The number of hydrogen-bond donors (Lipinski definition) is 1. The zero-order valence-electron chi connectivity index (χ0n) is 15.6. The molecule has 3 aromatic rings. The Hall–Kier alpha value is -3.48. The van der Waals surface area contributed by atoms with Gasteiger partial charge in [0.1, 0.15) is 0 Å². The van der Waals surface area contributed by atoms with E-state index in [-0.39, 0.29) is 5.97 Å². The van der Waals surface area contributed by atoms with Gasteiger partial charge < -0.3 is 15.0 Å². The molecule has 7 heteroatoms. The van der Waals surface area contributed by atoms with Crippen molar-refractivity contribution in [1.82, 2.24) is 15.2 Å². The molecule has 0 amide bonds. The van der Waals surface area contributed by atoms with E-state index in [9.17, 15) is 4.79 Å². The molecule has 0 atom stereocenters. The maximum atomic E-state index is 11.7. The molecule has 1 aliphatic heterocycles. The molecule has 0 aliphatic carbocycles. The number of fused-ring (bicyclic) bond motifs is 1. The molecular formula is C21H21N5O2. The number of ether oxygens (including phenoxy) is 1. The Balaban J connectivity index is 1.46. The highest BCUT2D eigenvalue weighted by molar-refractivity contribution is 5.89. The monoisotopic (exact) mass is 375 g/mol. The van der Waals surface area contributed by atoms with E-state index in [0.29, 0.717) is 18.1 Å². The Morgan fingerprint density at radius 3 is 2.71 bits per heavy atom. The van der Waals surface area contributed by atoms with Gasteiger partial charge in [-0.1, -0.05) is 24.3 Å². The van der Waals surface area contributed by atoms with Gasteiger partial charge in [0.25, 0.3) is 0 Å². The number of carbonyl (C=O) groups excluding carboxylic acids is 1. The third kappa shape index (κ3) is 3.93. The predicted molar refractivity (Wildman–Crippen MR) is 107 cm³/mol. The third-order valence-corrected chi connectivity index (χ3v) is 4.65. The molecule has 0 radical (unpaired) electrons. The van der Waals surface area contributed by atoms with Crippen LogP contribution in [-0.2, 0) is 17.7 Å². The lowest BCUT2D eigenvalue weighted by molar-refractivity contribution is 0.0526. The van der Waals surface area contributed by atoms with Crippen LogP contribution in [0.1, 0.15) is 28.4 Å². The Morgan fingerprint density at radius 2 is 1.93 bits per heavy atom. The molecule has 1 aromatic heterocycles. The van der Waals surface area contributed by atoms with Crippen molar-refractivity contribution in [1.29, 1.82) is 0 Å². The van der Waals surface area contributed by atoms with Gasteiger partial charge in [0.15, 0.2) is 5.82 Å². The first kappa shape index (κ1) is 17.9. The lowest BCUT2D eigenvalue weighted by atomic mass is 10.0. The molecule has 1 aliphatic rings. The Morgan fingerprint density at radius 1 is 1.14 bits per heavy atom. The summed E-state index contributed by atoms with van der Waals surface area (Å²) in [4.78, 5) is 18.5.